The fourth-order valence-electron chi connectivity index (χ4n) is 2.64. The highest BCUT2D eigenvalue weighted by Gasteiger charge is 2.11. The maximum Gasteiger partial charge on any atom is 0.251 e. The van der Waals surface area contributed by atoms with Crippen molar-refractivity contribution < 1.29 is 4.79 Å². The number of nitrogens with one attached hydrogen (secondary N) is 1. The highest BCUT2D eigenvalue weighted by atomic mass is 35.5. The standard InChI is InChI=1S/C18H14Cl2N2O2/c1-11-6-18(24)22(16-5-3-2-4-15(11)16)10-17(23)21-14-8-12(19)7-13(20)9-14/h2-9H,10H2,1H3,(H,21,23). The molecule has 0 aliphatic rings. The van der Waals surface area contributed by atoms with Gasteiger partial charge < -0.3 is 5.32 Å². The third-order valence-corrected chi connectivity index (χ3v) is 4.11. The summed E-state index contributed by atoms with van der Waals surface area (Å²) in [5, 5.41) is 4.50. The van der Waals surface area contributed by atoms with Crippen LogP contribution in [0.1, 0.15) is 5.56 Å². The Morgan fingerprint density at radius 1 is 1.08 bits per heavy atom. The lowest BCUT2D eigenvalue weighted by atomic mass is 10.1. The highest BCUT2D eigenvalue weighted by molar-refractivity contribution is 6.35. The molecule has 1 aromatic heterocycles. The Hall–Kier alpha value is -2.30. The van der Waals surface area contributed by atoms with E-state index in [4.69, 9.17) is 23.2 Å². The van der Waals surface area contributed by atoms with Crippen molar-refractivity contribution in [3.63, 3.8) is 0 Å². The molecule has 4 nitrogen and oxygen atoms in total. The van der Waals surface area contributed by atoms with E-state index in [9.17, 15) is 9.59 Å². The minimum absolute atomic E-state index is 0.0935. The van der Waals surface area contributed by atoms with Gasteiger partial charge in [-0.15, -0.1) is 0 Å². The van der Waals surface area contributed by atoms with Crippen LogP contribution in [0.2, 0.25) is 10.0 Å². The lowest BCUT2D eigenvalue weighted by molar-refractivity contribution is -0.116. The van der Waals surface area contributed by atoms with Crippen LogP contribution in [-0.2, 0) is 11.3 Å². The van der Waals surface area contributed by atoms with Gasteiger partial charge in [-0.3, -0.25) is 14.2 Å². The second-order valence-electron chi connectivity index (χ2n) is 5.48. The molecule has 0 bridgehead atoms. The summed E-state index contributed by atoms with van der Waals surface area (Å²) in [6.07, 6.45) is 0. The fourth-order valence-corrected chi connectivity index (χ4v) is 3.16. The number of benzene rings is 2. The molecule has 0 atom stereocenters. The predicted molar refractivity (Wildman–Crippen MR) is 98.0 cm³/mol. The van der Waals surface area contributed by atoms with Crippen molar-refractivity contribution in [1.29, 1.82) is 0 Å². The zero-order valence-corrected chi connectivity index (χ0v) is 14.4. The molecule has 0 spiro atoms. The lowest BCUT2D eigenvalue weighted by Gasteiger charge is -2.12. The van der Waals surface area contributed by atoms with Gasteiger partial charge in [-0.2, -0.15) is 0 Å². The lowest BCUT2D eigenvalue weighted by Crippen LogP contribution is -2.27. The van der Waals surface area contributed by atoms with Gasteiger partial charge in [-0.25, -0.2) is 0 Å². The minimum Gasteiger partial charge on any atom is -0.324 e. The number of rotatable bonds is 3. The summed E-state index contributed by atoms with van der Waals surface area (Å²) in [5.74, 6) is -0.329. The zero-order valence-electron chi connectivity index (χ0n) is 12.8. The van der Waals surface area contributed by atoms with E-state index in [2.05, 4.69) is 5.32 Å². The van der Waals surface area contributed by atoms with Crippen molar-refractivity contribution in [3.8, 4) is 0 Å². The number of anilines is 1. The van der Waals surface area contributed by atoms with Gasteiger partial charge in [-0.05, 0) is 36.8 Å². The van der Waals surface area contributed by atoms with E-state index in [0.29, 0.717) is 15.7 Å². The third kappa shape index (κ3) is 3.45. The van der Waals surface area contributed by atoms with E-state index < -0.39 is 0 Å². The molecule has 6 heteroatoms. The first-order valence-electron chi connectivity index (χ1n) is 7.29. The third-order valence-electron chi connectivity index (χ3n) is 3.67. The average molecular weight is 361 g/mol. The van der Waals surface area contributed by atoms with E-state index >= 15 is 0 Å². The number of hydrogen-bond acceptors (Lipinski definition) is 2. The first-order chi connectivity index (χ1) is 11.4. The van der Waals surface area contributed by atoms with Crippen molar-refractivity contribution in [2.24, 2.45) is 0 Å². The van der Waals surface area contributed by atoms with E-state index in [1.165, 1.54) is 10.6 Å². The highest BCUT2D eigenvalue weighted by Crippen LogP contribution is 2.22. The SMILES string of the molecule is Cc1cc(=O)n(CC(=O)Nc2cc(Cl)cc(Cl)c2)c2ccccc12. The van der Waals surface area contributed by atoms with Crippen LogP contribution in [0.4, 0.5) is 5.69 Å². The van der Waals surface area contributed by atoms with Crippen LogP contribution in [-0.4, -0.2) is 10.5 Å². The summed E-state index contributed by atoms with van der Waals surface area (Å²) < 4.78 is 1.45. The largest absolute Gasteiger partial charge is 0.324 e. The first kappa shape index (κ1) is 16.6. The molecule has 0 unspecified atom stereocenters. The van der Waals surface area contributed by atoms with Gasteiger partial charge in [0, 0.05) is 27.2 Å². The number of halogens is 2. The first-order valence-corrected chi connectivity index (χ1v) is 8.05. The number of aryl methyl sites for hydroxylation is 1. The van der Waals surface area contributed by atoms with Gasteiger partial charge in [0.15, 0.2) is 0 Å². The summed E-state index contributed by atoms with van der Waals surface area (Å²) in [6.45, 7) is 1.78. The van der Waals surface area contributed by atoms with E-state index in [0.717, 1.165) is 16.5 Å². The molecule has 0 aliphatic heterocycles. The van der Waals surface area contributed by atoms with Crippen molar-refractivity contribution in [2.45, 2.75) is 13.5 Å². The maximum atomic E-state index is 12.3. The molecule has 0 fully saturated rings. The predicted octanol–water partition coefficient (Wildman–Crippen LogP) is 4.26. The average Bonchev–Trinajstić information content (AvgIpc) is 2.50. The fraction of sp³-hybridized carbons (Fsp3) is 0.111. The van der Waals surface area contributed by atoms with Crippen LogP contribution in [0.15, 0.2) is 53.3 Å². The number of pyridine rings is 1. The van der Waals surface area contributed by atoms with Crippen molar-refractivity contribution in [1.82, 2.24) is 4.57 Å². The van der Waals surface area contributed by atoms with Crippen molar-refractivity contribution in [2.75, 3.05) is 5.32 Å². The molecular weight excluding hydrogens is 347 g/mol. The Morgan fingerprint density at radius 3 is 2.46 bits per heavy atom. The minimum atomic E-state index is -0.329. The second kappa shape index (κ2) is 6.67. The van der Waals surface area contributed by atoms with Crippen LogP contribution in [0.25, 0.3) is 10.9 Å². The second-order valence-corrected chi connectivity index (χ2v) is 6.35. The number of hydrogen-bond donors (Lipinski definition) is 1. The van der Waals surface area contributed by atoms with Gasteiger partial charge in [0.05, 0.1) is 5.52 Å². The van der Waals surface area contributed by atoms with Crippen molar-refractivity contribution in [3.05, 3.63) is 74.5 Å². The molecule has 3 rings (SSSR count). The molecule has 0 saturated carbocycles. The molecular formula is C18H14Cl2N2O2. The van der Waals surface area contributed by atoms with E-state index in [1.807, 2.05) is 31.2 Å². The van der Waals surface area contributed by atoms with Crippen LogP contribution in [0, 0.1) is 6.92 Å². The van der Waals surface area contributed by atoms with Gasteiger partial charge in [-0.1, -0.05) is 41.4 Å². The van der Waals surface area contributed by atoms with Crippen molar-refractivity contribution >= 4 is 45.7 Å². The molecule has 122 valence electrons. The van der Waals surface area contributed by atoms with Gasteiger partial charge in [0.2, 0.25) is 5.91 Å². The molecule has 3 aromatic rings. The zero-order chi connectivity index (χ0) is 17.3. The van der Waals surface area contributed by atoms with Crippen LogP contribution >= 0.6 is 23.2 Å². The van der Waals surface area contributed by atoms with Gasteiger partial charge in [0.25, 0.3) is 5.56 Å². The Balaban J connectivity index is 1.92. The monoisotopic (exact) mass is 360 g/mol. The molecule has 0 aliphatic carbocycles. The number of fused-ring (bicyclic) bond motifs is 1. The maximum absolute atomic E-state index is 12.3. The summed E-state index contributed by atoms with van der Waals surface area (Å²) in [4.78, 5) is 24.6. The van der Waals surface area contributed by atoms with Crippen LogP contribution in [0.5, 0.6) is 0 Å². The number of carbonyl (C=O) groups excluding carboxylic acids is 1. The number of carbonyl (C=O) groups is 1. The topological polar surface area (TPSA) is 51.1 Å². The normalized spacial score (nSPS) is 10.8. The summed E-state index contributed by atoms with van der Waals surface area (Å²) in [7, 11) is 0. The molecule has 1 heterocycles. The van der Waals surface area contributed by atoms with E-state index in [-0.39, 0.29) is 18.0 Å². The summed E-state index contributed by atoms with van der Waals surface area (Å²) in [5.41, 5.74) is 1.88. The smallest absolute Gasteiger partial charge is 0.251 e. The van der Waals surface area contributed by atoms with E-state index in [1.54, 1.807) is 18.2 Å². The van der Waals surface area contributed by atoms with Crippen LogP contribution in [0.3, 0.4) is 0 Å². The molecule has 0 saturated heterocycles. The molecule has 1 amide bonds. The number of nitrogens with zero attached hydrogens (tertiary/aromatic N) is 1. The molecule has 0 radical (unpaired) electrons. The molecule has 24 heavy (non-hydrogen) atoms. The van der Waals surface area contributed by atoms with Gasteiger partial charge >= 0.3 is 0 Å². The van der Waals surface area contributed by atoms with Crippen LogP contribution < -0.4 is 10.9 Å². The molecule has 1 N–H and O–H groups in total. The number of aromatic nitrogens is 1. The summed E-state index contributed by atoms with van der Waals surface area (Å²) in [6, 6.07) is 13.8. The number of amides is 1. The Morgan fingerprint density at radius 2 is 1.75 bits per heavy atom. The summed E-state index contributed by atoms with van der Waals surface area (Å²) >= 11 is 11.8. The Labute approximate surface area is 148 Å². The number of para-hydroxylation sites is 1. The van der Waals surface area contributed by atoms with Gasteiger partial charge in [0.1, 0.15) is 6.54 Å². The Bertz CT molecular complexity index is 976. The molecule has 2 aromatic carbocycles. The quantitative estimate of drug-likeness (QED) is 0.758. The Kier molecular flexibility index (Phi) is 4.60.